The molecule has 1 N–H and O–H groups in total. The van der Waals surface area contributed by atoms with E-state index >= 15 is 0 Å². The fraction of sp³-hybridized carbons (Fsp3) is 0.263. The van der Waals surface area contributed by atoms with Gasteiger partial charge in [-0.2, -0.15) is 0 Å². The third kappa shape index (κ3) is 3.62. The lowest BCUT2D eigenvalue weighted by Gasteiger charge is -2.09. The first-order valence-corrected chi connectivity index (χ1v) is 8.07. The van der Waals surface area contributed by atoms with Crippen LogP contribution in [0.15, 0.2) is 48.5 Å². The summed E-state index contributed by atoms with van der Waals surface area (Å²) in [6.45, 7) is 3.15. The highest BCUT2D eigenvalue weighted by Gasteiger charge is 2.08. The van der Waals surface area contributed by atoms with Crippen molar-refractivity contribution in [1.82, 2.24) is 14.9 Å². The normalized spacial score (nSPS) is 10.9. The molecule has 0 saturated heterocycles. The summed E-state index contributed by atoms with van der Waals surface area (Å²) in [5, 5.41) is 2.89. The van der Waals surface area contributed by atoms with Crippen LogP contribution in [0.1, 0.15) is 17.8 Å². The fourth-order valence-electron chi connectivity index (χ4n) is 2.82. The number of aromatic nitrogens is 2. The van der Waals surface area contributed by atoms with Crippen molar-refractivity contribution in [2.45, 2.75) is 26.3 Å². The Morgan fingerprint density at radius 2 is 1.92 bits per heavy atom. The Balaban J connectivity index is 1.51. The zero-order chi connectivity index (χ0) is 16.9. The van der Waals surface area contributed by atoms with E-state index in [4.69, 9.17) is 0 Å². The van der Waals surface area contributed by atoms with E-state index in [0.29, 0.717) is 25.1 Å². The molecule has 124 valence electrons. The summed E-state index contributed by atoms with van der Waals surface area (Å²) in [5.74, 6) is 0.600. The summed E-state index contributed by atoms with van der Waals surface area (Å²) in [6, 6.07) is 14.5. The zero-order valence-electron chi connectivity index (χ0n) is 13.6. The number of carbonyl (C=O) groups excluding carboxylic acids is 1. The second-order valence-corrected chi connectivity index (χ2v) is 5.74. The van der Waals surface area contributed by atoms with Gasteiger partial charge in [-0.05, 0) is 37.1 Å². The van der Waals surface area contributed by atoms with Crippen molar-refractivity contribution in [2.24, 2.45) is 0 Å². The van der Waals surface area contributed by atoms with Gasteiger partial charge in [0.15, 0.2) is 0 Å². The molecule has 1 heterocycles. The molecule has 0 aliphatic carbocycles. The quantitative estimate of drug-likeness (QED) is 0.756. The Kier molecular flexibility index (Phi) is 4.89. The number of aryl methyl sites for hydroxylation is 2. The van der Waals surface area contributed by atoms with Crippen molar-refractivity contribution in [3.63, 3.8) is 0 Å². The number of fused-ring (bicyclic) bond motifs is 1. The van der Waals surface area contributed by atoms with Gasteiger partial charge in [0.1, 0.15) is 11.6 Å². The van der Waals surface area contributed by atoms with Gasteiger partial charge in [0.05, 0.1) is 11.0 Å². The van der Waals surface area contributed by atoms with E-state index in [1.807, 2.05) is 31.2 Å². The average Bonchev–Trinajstić information content (AvgIpc) is 2.90. The Labute approximate surface area is 140 Å². The molecule has 1 amide bonds. The molecule has 5 heteroatoms. The standard InChI is InChI=1S/C19H20FN3O/c1-14-22-17-8-4-5-9-18(17)23(14)13-12-21-19(24)11-10-15-6-2-3-7-16(15)20/h2-9H,10-13H2,1H3,(H,21,24). The highest BCUT2D eigenvalue weighted by Crippen LogP contribution is 2.14. The Hall–Kier alpha value is -2.69. The van der Waals surface area contributed by atoms with Crippen molar-refractivity contribution < 1.29 is 9.18 Å². The van der Waals surface area contributed by atoms with Crippen molar-refractivity contribution >= 4 is 16.9 Å². The van der Waals surface area contributed by atoms with Crippen LogP contribution >= 0.6 is 0 Å². The number of hydrogen-bond acceptors (Lipinski definition) is 2. The largest absolute Gasteiger partial charge is 0.354 e. The van der Waals surface area contributed by atoms with E-state index < -0.39 is 0 Å². The van der Waals surface area contributed by atoms with Crippen molar-refractivity contribution in [3.8, 4) is 0 Å². The molecular formula is C19H20FN3O. The predicted octanol–water partition coefficient (Wildman–Crippen LogP) is 3.23. The summed E-state index contributed by atoms with van der Waals surface area (Å²) in [5.41, 5.74) is 2.60. The lowest BCUT2D eigenvalue weighted by Crippen LogP contribution is -2.27. The van der Waals surface area contributed by atoms with Crippen molar-refractivity contribution in [3.05, 3.63) is 65.7 Å². The van der Waals surface area contributed by atoms with Gasteiger partial charge in [-0.15, -0.1) is 0 Å². The first-order valence-electron chi connectivity index (χ1n) is 8.07. The lowest BCUT2D eigenvalue weighted by molar-refractivity contribution is -0.121. The predicted molar refractivity (Wildman–Crippen MR) is 92.2 cm³/mol. The van der Waals surface area contributed by atoms with E-state index in [9.17, 15) is 9.18 Å². The number of halogens is 1. The van der Waals surface area contributed by atoms with Crippen LogP contribution < -0.4 is 5.32 Å². The number of nitrogens with zero attached hydrogens (tertiary/aromatic N) is 2. The third-order valence-electron chi connectivity index (χ3n) is 4.08. The third-order valence-corrected chi connectivity index (χ3v) is 4.08. The molecule has 3 rings (SSSR count). The van der Waals surface area contributed by atoms with Gasteiger partial charge in [0.25, 0.3) is 0 Å². The summed E-state index contributed by atoms with van der Waals surface area (Å²) >= 11 is 0. The minimum absolute atomic E-state index is 0.0691. The number of carbonyl (C=O) groups is 1. The Morgan fingerprint density at radius 1 is 1.17 bits per heavy atom. The number of hydrogen-bond donors (Lipinski definition) is 1. The van der Waals surface area contributed by atoms with Crippen LogP contribution in [-0.2, 0) is 17.8 Å². The van der Waals surface area contributed by atoms with Gasteiger partial charge in [0, 0.05) is 19.5 Å². The molecule has 0 bridgehead atoms. The van der Waals surface area contributed by atoms with Crippen LogP contribution in [0.3, 0.4) is 0 Å². The highest BCUT2D eigenvalue weighted by atomic mass is 19.1. The molecule has 0 aliphatic heterocycles. The lowest BCUT2D eigenvalue weighted by atomic mass is 10.1. The molecule has 0 atom stereocenters. The van der Waals surface area contributed by atoms with E-state index in [-0.39, 0.29) is 18.1 Å². The number of amides is 1. The minimum Gasteiger partial charge on any atom is -0.354 e. The molecule has 2 aromatic carbocycles. The topological polar surface area (TPSA) is 46.9 Å². The highest BCUT2D eigenvalue weighted by molar-refractivity contribution is 5.77. The van der Waals surface area contributed by atoms with Crippen LogP contribution in [0, 0.1) is 12.7 Å². The van der Waals surface area contributed by atoms with Gasteiger partial charge in [-0.1, -0.05) is 30.3 Å². The first kappa shape index (κ1) is 16.2. The van der Waals surface area contributed by atoms with E-state index in [1.165, 1.54) is 6.07 Å². The maximum absolute atomic E-state index is 13.5. The molecule has 0 saturated carbocycles. The van der Waals surface area contributed by atoms with Crippen molar-refractivity contribution in [2.75, 3.05) is 6.54 Å². The number of imidazole rings is 1. The second kappa shape index (κ2) is 7.25. The van der Waals surface area contributed by atoms with Crippen molar-refractivity contribution in [1.29, 1.82) is 0 Å². The molecule has 0 unspecified atom stereocenters. The van der Waals surface area contributed by atoms with E-state index in [2.05, 4.69) is 14.9 Å². The monoisotopic (exact) mass is 325 g/mol. The van der Waals surface area contributed by atoms with Gasteiger partial charge < -0.3 is 9.88 Å². The maximum Gasteiger partial charge on any atom is 0.220 e. The Morgan fingerprint density at radius 3 is 2.75 bits per heavy atom. The van der Waals surface area contributed by atoms with Gasteiger partial charge in [0.2, 0.25) is 5.91 Å². The molecule has 0 fully saturated rings. The second-order valence-electron chi connectivity index (χ2n) is 5.74. The van der Waals surface area contributed by atoms with Crippen LogP contribution in [0.2, 0.25) is 0 Å². The smallest absolute Gasteiger partial charge is 0.220 e. The first-order chi connectivity index (χ1) is 11.6. The zero-order valence-corrected chi connectivity index (χ0v) is 13.6. The van der Waals surface area contributed by atoms with E-state index in [1.54, 1.807) is 18.2 Å². The van der Waals surface area contributed by atoms with Crippen LogP contribution in [-0.4, -0.2) is 22.0 Å². The molecule has 3 aromatic rings. The molecule has 0 aliphatic rings. The summed E-state index contributed by atoms with van der Waals surface area (Å²) in [4.78, 5) is 16.5. The summed E-state index contributed by atoms with van der Waals surface area (Å²) in [6.07, 6.45) is 0.691. The molecule has 0 radical (unpaired) electrons. The molecular weight excluding hydrogens is 305 g/mol. The average molecular weight is 325 g/mol. The Bertz CT molecular complexity index is 857. The van der Waals surface area contributed by atoms with Gasteiger partial charge in [-0.3, -0.25) is 4.79 Å². The molecule has 0 spiro atoms. The number of nitrogens with one attached hydrogen (secondary N) is 1. The van der Waals surface area contributed by atoms with Gasteiger partial charge in [-0.25, -0.2) is 9.37 Å². The van der Waals surface area contributed by atoms with Crippen LogP contribution in [0.4, 0.5) is 4.39 Å². The minimum atomic E-state index is -0.259. The van der Waals surface area contributed by atoms with E-state index in [0.717, 1.165) is 16.9 Å². The fourth-order valence-corrected chi connectivity index (χ4v) is 2.82. The molecule has 24 heavy (non-hydrogen) atoms. The number of benzene rings is 2. The van der Waals surface area contributed by atoms with Crippen LogP contribution in [0.5, 0.6) is 0 Å². The molecule has 4 nitrogen and oxygen atoms in total. The van der Waals surface area contributed by atoms with Gasteiger partial charge >= 0.3 is 0 Å². The number of para-hydroxylation sites is 2. The SMILES string of the molecule is Cc1nc2ccccc2n1CCNC(=O)CCc1ccccc1F. The maximum atomic E-state index is 13.5. The summed E-state index contributed by atoms with van der Waals surface area (Å²) in [7, 11) is 0. The number of rotatable bonds is 6. The molecule has 1 aromatic heterocycles. The summed E-state index contributed by atoms with van der Waals surface area (Å²) < 4.78 is 15.6. The van der Waals surface area contributed by atoms with Crippen LogP contribution in [0.25, 0.3) is 11.0 Å².